The van der Waals surface area contributed by atoms with Crippen molar-refractivity contribution in [3.8, 4) is 5.75 Å². The summed E-state index contributed by atoms with van der Waals surface area (Å²) in [6.45, 7) is 10.1. The summed E-state index contributed by atoms with van der Waals surface area (Å²) in [5.74, 6) is 1.27. The van der Waals surface area contributed by atoms with Crippen LogP contribution in [-0.4, -0.2) is 58.6 Å². The molecule has 1 aliphatic carbocycles. The Labute approximate surface area is 192 Å². The standard InChI is InChI=1S/C27H39N3O2/c1-27(2,3)26(31)29-14-10-22(11-15-29)30-18-9-20-19-24(7-8-25(20)30)32-23-12-16-28(17-13-23)21-5-4-6-21/h7-9,18-19,21-23H,4-6,10-17H2,1-3H3. The summed E-state index contributed by atoms with van der Waals surface area (Å²) in [6, 6.07) is 10.1. The van der Waals surface area contributed by atoms with Crippen molar-refractivity contribution in [2.24, 2.45) is 5.41 Å². The molecule has 0 bridgehead atoms. The predicted molar refractivity (Wildman–Crippen MR) is 129 cm³/mol. The van der Waals surface area contributed by atoms with E-state index in [0.29, 0.717) is 12.1 Å². The molecule has 0 radical (unpaired) electrons. The van der Waals surface area contributed by atoms with Crippen LogP contribution >= 0.6 is 0 Å². The Kier molecular flexibility index (Phi) is 5.96. The van der Waals surface area contributed by atoms with Crippen LogP contribution in [0, 0.1) is 5.41 Å². The molecular formula is C27H39N3O2. The summed E-state index contributed by atoms with van der Waals surface area (Å²) in [7, 11) is 0. The summed E-state index contributed by atoms with van der Waals surface area (Å²) >= 11 is 0. The molecule has 5 nitrogen and oxygen atoms in total. The third-order valence-corrected chi connectivity index (χ3v) is 7.85. The number of nitrogens with zero attached hydrogens (tertiary/aromatic N) is 3. The number of carbonyl (C=O) groups excluding carboxylic acids is 1. The van der Waals surface area contributed by atoms with Crippen LogP contribution in [0.2, 0.25) is 0 Å². The smallest absolute Gasteiger partial charge is 0.227 e. The minimum atomic E-state index is -0.294. The number of amides is 1. The third-order valence-electron chi connectivity index (χ3n) is 7.85. The first-order chi connectivity index (χ1) is 15.4. The number of hydrogen-bond acceptors (Lipinski definition) is 3. The molecule has 1 saturated carbocycles. The maximum absolute atomic E-state index is 12.6. The number of carbonyl (C=O) groups is 1. The normalized spacial score (nSPS) is 22.3. The van der Waals surface area contributed by atoms with Crippen molar-refractivity contribution in [3.05, 3.63) is 30.5 Å². The first-order valence-corrected chi connectivity index (χ1v) is 12.7. The van der Waals surface area contributed by atoms with Gasteiger partial charge < -0.3 is 19.1 Å². The first kappa shape index (κ1) is 21.8. The Hall–Kier alpha value is -2.01. The van der Waals surface area contributed by atoms with E-state index < -0.39 is 0 Å². The fourth-order valence-electron chi connectivity index (χ4n) is 5.66. The van der Waals surface area contributed by atoms with Crippen molar-refractivity contribution in [1.82, 2.24) is 14.4 Å². The highest BCUT2D eigenvalue weighted by Crippen LogP contribution is 2.32. The van der Waals surface area contributed by atoms with Gasteiger partial charge in [0, 0.05) is 60.8 Å². The van der Waals surface area contributed by atoms with E-state index in [1.807, 2.05) is 25.7 Å². The van der Waals surface area contributed by atoms with Gasteiger partial charge in [0.1, 0.15) is 11.9 Å². The van der Waals surface area contributed by atoms with Gasteiger partial charge in [-0.3, -0.25) is 4.79 Å². The molecule has 2 aromatic rings. The van der Waals surface area contributed by atoms with E-state index in [0.717, 1.165) is 50.6 Å². The molecule has 0 N–H and O–H groups in total. The molecule has 5 rings (SSSR count). The van der Waals surface area contributed by atoms with Crippen LogP contribution in [0.1, 0.15) is 71.8 Å². The number of hydrogen-bond donors (Lipinski definition) is 0. The summed E-state index contributed by atoms with van der Waals surface area (Å²) in [4.78, 5) is 17.3. The van der Waals surface area contributed by atoms with Crippen LogP contribution in [0.25, 0.3) is 10.9 Å². The molecule has 1 aromatic heterocycles. The maximum atomic E-state index is 12.6. The molecule has 3 fully saturated rings. The minimum Gasteiger partial charge on any atom is -0.490 e. The molecule has 2 saturated heterocycles. The van der Waals surface area contributed by atoms with E-state index in [9.17, 15) is 4.79 Å². The number of benzene rings is 1. The van der Waals surface area contributed by atoms with Gasteiger partial charge in [0.15, 0.2) is 0 Å². The van der Waals surface area contributed by atoms with Gasteiger partial charge in [-0.05, 0) is 62.8 Å². The van der Waals surface area contributed by atoms with E-state index in [1.54, 1.807) is 0 Å². The quantitative estimate of drug-likeness (QED) is 0.656. The monoisotopic (exact) mass is 437 g/mol. The van der Waals surface area contributed by atoms with Gasteiger partial charge >= 0.3 is 0 Å². The van der Waals surface area contributed by atoms with Crippen LogP contribution in [0.5, 0.6) is 5.75 Å². The maximum Gasteiger partial charge on any atom is 0.227 e. The second kappa shape index (κ2) is 8.74. The minimum absolute atomic E-state index is 0.272. The lowest BCUT2D eigenvalue weighted by molar-refractivity contribution is -0.140. The lowest BCUT2D eigenvalue weighted by Crippen LogP contribution is -2.46. The largest absolute Gasteiger partial charge is 0.490 e. The predicted octanol–water partition coefficient (Wildman–Crippen LogP) is 5.25. The fourth-order valence-corrected chi connectivity index (χ4v) is 5.66. The van der Waals surface area contributed by atoms with Crippen LogP contribution < -0.4 is 4.74 Å². The average Bonchev–Trinajstić information content (AvgIpc) is 3.16. The van der Waals surface area contributed by atoms with E-state index in [-0.39, 0.29) is 11.3 Å². The molecule has 5 heteroatoms. The van der Waals surface area contributed by atoms with Crippen molar-refractivity contribution in [3.63, 3.8) is 0 Å². The SMILES string of the molecule is CC(C)(C)C(=O)N1CCC(n2ccc3cc(OC4CCN(C5CCC5)CC4)ccc32)CC1. The van der Waals surface area contributed by atoms with E-state index >= 15 is 0 Å². The molecule has 3 heterocycles. The summed E-state index contributed by atoms with van der Waals surface area (Å²) in [5, 5.41) is 1.25. The van der Waals surface area contributed by atoms with Crippen molar-refractivity contribution in [2.75, 3.05) is 26.2 Å². The molecule has 2 aliphatic heterocycles. The van der Waals surface area contributed by atoms with Crippen LogP contribution in [-0.2, 0) is 4.79 Å². The summed E-state index contributed by atoms with van der Waals surface area (Å²) < 4.78 is 8.80. The zero-order chi connectivity index (χ0) is 22.3. The molecule has 3 aliphatic rings. The van der Waals surface area contributed by atoms with Gasteiger partial charge in [0.25, 0.3) is 0 Å². The second-order valence-electron chi connectivity index (χ2n) is 11.2. The van der Waals surface area contributed by atoms with Crippen LogP contribution in [0.4, 0.5) is 0 Å². The highest BCUT2D eigenvalue weighted by atomic mass is 16.5. The Morgan fingerprint density at radius 1 is 0.906 bits per heavy atom. The molecule has 174 valence electrons. The van der Waals surface area contributed by atoms with Crippen LogP contribution in [0.15, 0.2) is 30.5 Å². The number of aromatic nitrogens is 1. The van der Waals surface area contributed by atoms with Gasteiger partial charge in [-0.1, -0.05) is 27.2 Å². The van der Waals surface area contributed by atoms with Gasteiger partial charge in [0.05, 0.1) is 0 Å². The first-order valence-electron chi connectivity index (χ1n) is 12.7. The van der Waals surface area contributed by atoms with Gasteiger partial charge in [-0.2, -0.15) is 0 Å². The number of ether oxygens (including phenoxy) is 1. The fraction of sp³-hybridized carbons (Fsp3) is 0.667. The molecule has 32 heavy (non-hydrogen) atoms. The lowest BCUT2D eigenvalue weighted by atomic mass is 9.90. The van der Waals surface area contributed by atoms with Crippen molar-refractivity contribution < 1.29 is 9.53 Å². The average molecular weight is 438 g/mol. The number of likely N-dealkylation sites (tertiary alicyclic amines) is 2. The van der Waals surface area contributed by atoms with E-state index in [2.05, 4.69) is 39.9 Å². The summed E-state index contributed by atoms with van der Waals surface area (Å²) in [5.41, 5.74) is 0.981. The van der Waals surface area contributed by atoms with E-state index in [4.69, 9.17) is 4.74 Å². The highest BCUT2D eigenvalue weighted by molar-refractivity contribution is 5.82. The molecular weight excluding hydrogens is 398 g/mol. The topological polar surface area (TPSA) is 37.7 Å². The molecule has 0 spiro atoms. The lowest BCUT2D eigenvalue weighted by Gasteiger charge is -2.41. The Bertz CT molecular complexity index is 939. The van der Waals surface area contributed by atoms with Crippen LogP contribution in [0.3, 0.4) is 0 Å². The molecule has 0 atom stereocenters. The number of rotatable bonds is 4. The van der Waals surface area contributed by atoms with Crippen molar-refractivity contribution in [1.29, 1.82) is 0 Å². The van der Waals surface area contributed by atoms with Gasteiger partial charge in [-0.15, -0.1) is 0 Å². The molecule has 1 aromatic carbocycles. The Balaban J connectivity index is 1.19. The molecule has 1 amide bonds. The number of piperidine rings is 2. The zero-order valence-electron chi connectivity index (χ0n) is 20.1. The van der Waals surface area contributed by atoms with Gasteiger partial charge in [-0.25, -0.2) is 0 Å². The van der Waals surface area contributed by atoms with Gasteiger partial charge in [0.2, 0.25) is 5.91 Å². The van der Waals surface area contributed by atoms with Crippen molar-refractivity contribution >= 4 is 16.8 Å². The van der Waals surface area contributed by atoms with E-state index in [1.165, 1.54) is 43.3 Å². The summed E-state index contributed by atoms with van der Waals surface area (Å²) in [6.07, 6.45) is 11.1. The third kappa shape index (κ3) is 4.41. The van der Waals surface area contributed by atoms with Crippen molar-refractivity contribution in [2.45, 2.75) is 83.9 Å². The Morgan fingerprint density at radius 2 is 1.62 bits per heavy atom. The number of fused-ring (bicyclic) bond motifs is 1. The second-order valence-corrected chi connectivity index (χ2v) is 11.2. The molecule has 0 unspecified atom stereocenters. The highest BCUT2D eigenvalue weighted by Gasteiger charge is 2.31. The Morgan fingerprint density at radius 3 is 2.25 bits per heavy atom. The zero-order valence-corrected chi connectivity index (χ0v) is 20.1.